The van der Waals surface area contributed by atoms with Crippen LogP contribution in [0.4, 0.5) is 0 Å². The monoisotopic (exact) mass is 218 g/mol. The van der Waals surface area contributed by atoms with Gasteiger partial charge in [0.15, 0.2) is 0 Å². The third-order valence-electron chi connectivity index (χ3n) is 1.10. The molecule has 0 bridgehead atoms. The predicted octanol–water partition coefficient (Wildman–Crippen LogP) is -8.53. The molecule has 60 valence electrons. The summed E-state index contributed by atoms with van der Waals surface area (Å²) >= 11 is 0. The van der Waals surface area contributed by atoms with Crippen molar-refractivity contribution in [2.24, 2.45) is 0 Å². The number of rotatable bonds is 1. The van der Waals surface area contributed by atoms with Gasteiger partial charge in [0.1, 0.15) is 0 Å². The van der Waals surface area contributed by atoms with E-state index in [0.29, 0.717) is 0 Å². The van der Waals surface area contributed by atoms with E-state index >= 15 is 0 Å². The van der Waals surface area contributed by atoms with Crippen LogP contribution >= 0.6 is 0 Å². The number of carbonyl (C=O) groups is 1. The van der Waals surface area contributed by atoms with Crippen molar-refractivity contribution in [2.75, 3.05) is 0 Å². The molecule has 1 aromatic carbocycles. The number of aromatic carboxylic acids is 1. The second-order valence-corrected chi connectivity index (χ2v) is 1.83. The van der Waals surface area contributed by atoms with Crippen molar-refractivity contribution in [3.8, 4) is 5.75 Å². The number of carboxylic acid groups (broad SMARTS) is 1. The standard InChI is InChI=1S/C7H6O3.ClH.2Na/c8-6-3-1-5(2-4-6)7(9)10;;;/h1-4,8H,(H,9,10);1H;;/q;;2*+1/p-2. The Balaban J connectivity index is -0.000000333. The van der Waals surface area contributed by atoms with E-state index in [-0.39, 0.29) is 82.8 Å². The Morgan fingerprint density at radius 2 is 1.54 bits per heavy atom. The van der Waals surface area contributed by atoms with Gasteiger partial charge in [0.25, 0.3) is 0 Å². The van der Waals surface area contributed by atoms with Crippen LogP contribution in [0.3, 0.4) is 0 Å². The predicted molar refractivity (Wildman–Crippen MR) is 32.8 cm³/mol. The molecule has 0 radical (unpaired) electrons. The van der Waals surface area contributed by atoms with Crippen molar-refractivity contribution in [3.63, 3.8) is 0 Å². The third kappa shape index (κ3) is 6.80. The van der Waals surface area contributed by atoms with Crippen molar-refractivity contribution < 1.29 is 86.5 Å². The van der Waals surface area contributed by atoms with Crippen molar-refractivity contribution in [1.82, 2.24) is 0 Å². The largest absolute Gasteiger partial charge is 1.00 e. The van der Waals surface area contributed by atoms with Crippen LogP contribution in [0, 0.1) is 0 Å². The summed E-state index contributed by atoms with van der Waals surface area (Å²) in [6.45, 7) is 0. The minimum absolute atomic E-state index is 0. The van der Waals surface area contributed by atoms with Crippen LogP contribution in [0.5, 0.6) is 5.75 Å². The molecule has 1 N–H and O–H groups in total. The Morgan fingerprint density at radius 3 is 1.85 bits per heavy atom. The van der Waals surface area contributed by atoms with E-state index < -0.39 is 5.97 Å². The van der Waals surface area contributed by atoms with Crippen LogP contribution in [0.15, 0.2) is 24.3 Å². The summed E-state index contributed by atoms with van der Waals surface area (Å²) in [5, 5.41) is 18.8. The first-order chi connectivity index (χ1) is 4.70. The molecule has 0 aliphatic carbocycles. The van der Waals surface area contributed by atoms with Crippen molar-refractivity contribution in [2.45, 2.75) is 0 Å². The zero-order chi connectivity index (χ0) is 7.56. The van der Waals surface area contributed by atoms with Crippen LogP contribution in [-0.4, -0.2) is 11.1 Å². The summed E-state index contributed by atoms with van der Waals surface area (Å²) in [4.78, 5) is 10.2. The van der Waals surface area contributed by atoms with Crippen LogP contribution < -0.4 is 76.6 Å². The van der Waals surface area contributed by atoms with Gasteiger partial charge in [-0.2, -0.15) is 0 Å². The average Bonchev–Trinajstić information content (AvgIpc) is 1.88. The third-order valence-corrected chi connectivity index (χ3v) is 1.10. The van der Waals surface area contributed by atoms with Crippen molar-refractivity contribution >= 4 is 5.97 Å². The first-order valence-corrected chi connectivity index (χ1v) is 2.70. The maximum atomic E-state index is 10.5. The molecule has 0 spiro atoms. The normalized spacial score (nSPS) is 7.08. The fourth-order valence-electron chi connectivity index (χ4n) is 0.598. The number of carboxylic acids is 1. The Bertz CT molecular complexity index is 250. The maximum absolute atomic E-state index is 10.5. The molecule has 0 fully saturated rings. The molecular weight excluding hydrogens is 214 g/mol. The molecule has 0 saturated carbocycles. The summed E-state index contributed by atoms with van der Waals surface area (Å²) in [5.74, 6) is -1.19. The quantitative estimate of drug-likeness (QED) is 0.477. The van der Waals surface area contributed by atoms with Gasteiger partial charge in [-0.15, -0.1) is 5.75 Å². The zero-order valence-corrected chi connectivity index (χ0v) is 12.2. The second kappa shape index (κ2) is 9.34. The molecule has 0 aliphatic heterocycles. The smallest absolute Gasteiger partial charge is 1.00 e. The van der Waals surface area contributed by atoms with Crippen molar-refractivity contribution in [1.29, 1.82) is 0 Å². The first-order valence-electron chi connectivity index (χ1n) is 2.70. The number of benzene rings is 1. The Morgan fingerprint density at radius 1 is 1.15 bits per heavy atom. The van der Waals surface area contributed by atoms with Gasteiger partial charge in [-0.25, -0.2) is 4.79 Å². The topological polar surface area (TPSA) is 60.4 Å². The van der Waals surface area contributed by atoms with Crippen LogP contribution in [0.2, 0.25) is 0 Å². The molecule has 0 atom stereocenters. The number of halogens is 1. The summed E-state index contributed by atoms with van der Waals surface area (Å²) in [7, 11) is 0. The summed E-state index contributed by atoms with van der Waals surface area (Å²) in [6, 6.07) is 5.02. The SMILES string of the molecule is O=C(O)c1ccc([O-])cc1.[Cl-].[Na+].[Na+]. The molecule has 0 aromatic heterocycles. The molecule has 13 heavy (non-hydrogen) atoms. The van der Waals surface area contributed by atoms with E-state index in [1.807, 2.05) is 0 Å². The molecule has 0 saturated heterocycles. The second-order valence-electron chi connectivity index (χ2n) is 1.83. The van der Waals surface area contributed by atoms with E-state index in [2.05, 4.69) is 0 Å². The van der Waals surface area contributed by atoms with Crippen LogP contribution in [0.1, 0.15) is 10.4 Å². The van der Waals surface area contributed by atoms with Crippen LogP contribution in [0.25, 0.3) is 0 Å². The van der Waals surface area contributed by atoms with Gasteiger partial charge < -0.3 is 22.6 Å². The molecule has 0 amide bonds. The van der Waals surface area contributed by atoms with Gasteiger partial charge in [0.05, 0.1) is 5.56 Å². The Hall–Kier alpha value is 0.780. The van der Waals surface area contributed by atoms with E-state index in [9.17, 15) is 9.90 Å². The number of hydrogen-bond acceptors (Lipinski definition) is 2. The minimum atomic E-state index is -1.01. The fourth-order valence-corrected chi connectivity index (χ4v) is 0.598. The molecule has 1 aromatic rings. The van der Waals surface area contributed by atoms with Gasteiger partial charge in [0.2, 0.25) is 0 Å². The van der Waals surface area contributed by atoms with Gasteiger partial charge in [0, 0.05) is 0 Å². The molecule has 0 unspecified atom stereocenters. The Kier molecular flexibility index (Phi) is 13.9. The summed E-state index contributed by atoms with van der Waals surface area (Å²) in [5.41, 5.74) is 0.139. The first kappa shape index (κ1) is 19.4. The fraction of sp³-hybridized carbons (Fsp3) is 0. The molecule has 0 heterocycles. The molecular formula is C7H5ClNa2O3. The van der Waals surface area contributed by atoms with Gasteiger partial charge in [-0.3, -0.25) is 0 Å². The van der Waals surface area contributed by atoms with E-state index in [0.717, 1.165) is 0 Å². The van der Waals surface area contributed by atoms with Crippen molar-refractivity contribution in [3.05, 3.63) is 29.8 Å². The molecule has 1 rings (SSSR count). The van der Waals surface area contributed by atoms with Gasteiger partial charge >= 0.3 is 65.1 Å². The number of hydrogen-bond donors (Lipinski definition) is 1. The average molecular weight is 219 g/mol. The van der Waals surface area contributed by atoms with Crippen LogP contribution in [-0.2, 0) is 0 Å². The molecule has 6 heteroatoms. The van der Waals surface area contributed by atoms with E-state index in [4.69, 9.17) is 5.11 Å². The summed E-state index contributed by atoms with van der Waals surface area (Å²) in [6.07, 6.45) is 0. The van der Waals surface area contributed by atoms with E-state index in [1.165, 1.54) is 24.3 Å². The molecule has 0 aliphatic rings. The van der Waals surface area contributed by atoms with Gasteiger partial charge in [-0.1, -0.05) is 12.1 Å². The van der Waals surface area contributed by atoms with E-state index in [1.54, 1.807) is 0 Å². The zero-order valence-electron chi connectivity index (χ0n) is 7.45. The molecule has 3 nitrogen and oxygen atoms in total. The summed E-state index contributed by atoms with van der Waals surface area (Å²) < 4.78 is 0. The van der Waals surface area contributed by atoms with Gasteiger partial charge in [-0.05, 0) is 12.1 Å². The Labute approximate surface area is 127 Å². The maximum Gasteiger partial charge on any atom is 1.00 e. The minimum Gasteiger partial charge on any atom is -1.00 e.